The van der Waals surface area contributed by atoms with E-state index in [4.69, 9.17) is 25.1 Å². The molecule has 3 rings (SSSR count). The Morgan fingerprint density at radius 2 is 1.57 bits per heavy atom. The number of nitrogen functional groups attached to an aromatic ring is 1. The number of anilines is 1. The molecule has 8 heteroatoms. The van der Waals surface area contributed by atoms with E-state index in [-0.39, 0.29) is 5.95 Å². The summed E-state index contributed by atoms with van der Waals surface area (Å²) in [5.41, 5.74) is 8.76. The number of aliphatic carboxylic acids is 1. The molecule has 3 aromatic rings. The second-order valence-electron chi connectivity index (χ2n) is 5.77. The van der Waals surface area contributed by atoms with Crippen LogP contribution in [0.25, 0.3) is 22.5 Å². The van der Waals surface area contributed by atoms with Crippen LogP contribution in [0.5, 0.6) is 17.2 Å². The molecule has 0 amide bonds. The average molecular weight is 381 g/mol. The summed E-state index contributed by atoms with van der Waals surface area (Å²) >= 11 is 0. The van der Waals surface area contributed by atoms with Crippen molar-refractivity contribution in [2.45, 2.75) is 0 Å². The van der Waals surface area contributed by atoms with E-state index in [1.54, 1.807) is 25.3 Å². The third-order valence-electron chi connectivity index (χ3n) is 3.94. The fourth-order valence-corrected chi connectivity index (χ4v) is 2.61. The van der Waals surface area contributed by atoms with Crippen LogP contribution in [0.15, 0.2) is 48.5 Å². The van der Waals surface area contributed by atoms with E-state index in [1.165, 1.54) is 7.11 Å². The first-order valence-electron chi connectivity index (χ1n) is 8.32. The van der Waals surface area contributed by atoms with E-state index < -0.39 is 12.6 Å². The normalized spacial score (nSPS) is 10.4. The predicted octanol–water partition coefficient (Wildman–Crippen LogP) is 2.87. The first-order chi connectivity index (χ1) is 13.5. The number of hydrogen-bond acceptors (Lipinski definition) is 7. The van der Waals surface area contributed by atoms with Gasteiger partial charge in [-0.2, -0.15) is 0 Å². The van der Waals surface area contributed by atoms with Gasteiger partial charge >= 0.3 is 5.97 Å². The molecule has 0 aliphatic heterocycles. The number of nitrogens with two attached hydrogens (primary N) is 1. The lowest BCUT2D eigenvalue weighted by Gasteiger charge is -2.12. The summed E-state index contributed by atoms with van der Waals surface area (Å²) < 4.78 is 15.7. The van der Waals surface area contributed by atoms with Crippen molar-refractivity contribution in [1.82, 2.24) is 9.97 Å². The molecule has 8 nitrogen and oxygen atoms in total. The SMILES string of the molecule is COc1ccc(-c2cc(-c3ccc(OCC(=O)O)c(OC)c3)nc(N)n2)cc1. The standard InChI is InChI=1S/C20H19N3O5/c1-26-14-6-3-12(4-7-14)15-10-16(23-20(21)22-15)13-5-8-17(18(9-13)27-2)28-11-19(24)25/h3-10H,11H2,1-2H3,(H,24,25)(H2,21,22,23). The first-order valence-corrected chi connectivity index (χ1v) is 8.32. The molecule has 0 unspecified atom stereocenters. The highest BCUT2D eigenvalue weighted by Crippen LogP contribution is 2.33. The molecule has 1 aromatic heterocycles. The molecule has 0 radical (unpaired) electrons. The zero-order valence-electron chi connectivity index (χ0n) is 15.4. The van der Waals surface area contributed by atoms with Gasteiger partial charge in [-0.3, -0.25) is 0 Å². The number of ether oxygens (including phenoxy) is 3. The summed E-state index contributed by atoms with van der Waals surface area (Å²) in [5, 5.41) is 8.77. The van der Waals surface area contributed by atoms with Gasteiger partial charge in [-0.05, 0) is 48.5 Å². The van der Waals surface area contributed by atoms with Crippen LogP contribution in [-0.2, 0) is 4.79 Å². The number of methoxy groups -OCH3 is 2. The Labute approximate surface area is 161 Å². The van der Waals surface area contributed by atoms with Gasteiger partial charge < -0.3 is 25.1 Å². The third-order valence-corrected chi connectivity index (χ3v) is 3.94. The van der Waals surface area contributed by atoms with E-state index in [2.05, 4.69) is 9.97 Å². The summed E-state index contributed by atoms with van der Waals surface area (Å²) in [4.78, 5) is 19.3. The Hall–Kier alpha value is -3.81. The predicted molar refractivity (Wildman–Crippen MR) is 104 cm³/mol. The van der Waals surface area contributed by atoms with Gasteiger partial charge in [-0.25, -0.2) is 14.8 Å². The maximum Gasteiger partial charge on any atom is 0.341 e. The highest BCUT2D eigenvalue weighted by molar-refractivity contribution is 5.72. The number of aromatic nitrogens is 2. The summed E-state index contributed by atoms with van der Waals surface area (Å²) in [6.45, 7) is -0.461. The van der Waals surface area contributed by atoms with E-state index >= 15 is 0 Å². The molecule has 144 valence electrons. The summed E-state index contributed by atoms with van der Waals surface area (Å²) in [7, 11) is 3.08. The molecule has 0 fully saturated rings. The highest BCUT2D eigenvalue weighted by Gasteiger charge is 2.12. The summed E-state index contributed by atoms with van der Waals surface area (Å²) in [5.74, 6) is 0.521. The Balaban J connectivity index is 1.96. The molecule has 2 aromatic carbocycles. The fourth-order valence-electron chi connectivity index (χ4n) is 2.61. The van der Waals surface area contributed by atoms with E-state index in [1.807, 2.05) is 30.3 Å². The molecular formula is C20H19N3O5. The molecule has 0 spiro atoms. The average Bonchev–Trinajstić information content (AvgIpc) is 2.71. The molecule has 3 N–H and O–H groups in total. The van der Waals surface area contributed by atoms with Crippen LogP contribution in [-0.4, -0.2) is 41.9 Å². The Morgan fingerprint density at radius 1 is 0.929 bits per heavy atom. The zero-order chi connectivity index (χ0) is 20.1. The van der Waals surface area contributed by atoms with Crippen LogP contribution in [0.2, 0.25) is 0 Å². The van der Waals surface area contributed by atoms with Crippen molar-refractivity contribution in [3.05, 3.63) is 48.5 Å². The maximum absolute atomic E-state index is 10.7. The molecule has 1 heterocycles. The van der Waals surface area contributed by atoms with Crippen LogP contribution in [0, 0.1) is 0 Å². The molecule has 28 heavy (non-hydrogen) atoms. The van der Waals surface area contributed by atoms with Gasteiger partial charge in [-0.1, -0.05) is 0 Å². The lowest BCUT2D eigenvalue weighted by atomic mass is 10.1. The van der Waals surface area contributed by atoms with E-state index in [9.17, 15) is 4.79 Å². The minimum absolute atomic E-state index is 0.133. The van der Waals surface area contributed by atoms with Crippen LogP contribution < -0.4 is 19.9 Å². The van der Waals surface area contributed by atoms with Crippen molar-refractivity contribution >= 4 is 11.9 Å². The number of carbonyl (C=O) groups is 1. The van der Waals surface area contributed by atoms with Gasteiger partial charge in [0.1, 0.15) is 5.75 Å². The van der Waals surface area contributed by atoms with Gasteiger partial charge in [0, 0.05) is 11.1 Å². The Morgan fingerprint density at radius 3 is 2.18 bits per heavy atom. The molecule has 0 bridgehead atoms. The highest BCUT2D eigenvalue weighted by atomic mass is 16.5. The molecule has 0 saturated heterocycles. The van der Waals surface area contributed by atoms with Crippen LogP contribution in [0.3, 0.4) is 0 Å². The number of carboxylic acid groups (broad SMARTS) is 1. The third kappa shape index (κ3) is 4.29. The maximum atomic E-state index is 10.7. The molecule has 0 aliphatic rings. The van der Waals surface area contributed by atoms with Gasteiger partial charge in [0.2, 0.25) is 5.95 Å². The molecular weight excluding hydrogens is 362 g/mol. The van der Waals surface area contributed by atoms with E-state index in [0.29, 0.717) is 22.9 Å². The second kappa shape index (κ2) is 8.26. The number of hydrogen-bond donors (Lipinski definition) is 2. The van der Waals surface area contributed by atoms with Crippen molar-refractivity contribution in [2.24, 2.45) is 0 Å². The Bertz CT molecular complexity index is 990. The minimum atomic E-state index is -1.07. The van der Waals surface area contributed by atoms with Gasteiger partial charge in [0.05, 0.1) is 25.6 Å². The minimum Gasteiger partial charge on any atom is -0.497 e. The monoisotopic (exact) mass is 381 g/mol. The van der Waals surface area contributed by atoms with Crippen molar-refractivity contribution in [2.75, 3.05) is 26.6 Å². The number of carboxylic acids is 1. The van der Waals surface area contributed by atoms with Crippen molar-refractivity contribution in [3.63, 3.8) is 0 Å². The lowest BCUT2D eigenvalue weighted by molar-refractivity contribution is -0.139. The second-order valence-corrected chi connectivity index (χ2v) is 5.77. The number of rotatable bonds is 7. The van der Waals surface area contributed by atoms with Gasteiger partial charge in [0.15, 0.2) is 18.1 Å². The molecule has 0 aliphatic carbocycles. The molecule has 0 saturated carbocycles. The van der Waals surface area contributed by atoms with Crippen LogP contribution in [0.1, 0.15) is 0 Å². The topological polar surface area (TPSA) is 117 Å². The van der Waals surface area contributed by atoms with Crippen molar-refractivity contribution in [1.29, 1.82) is 0 Å². The number of benzene rings is 2. The summed E-state index contributed by atoms with van der Waals surface area (Å²) in [6.07, 6.45) is 0. The van der Waals surface area contributed by atoms with Crippen LogP contribution in [0.4, 0.5) is 5.95 Å². The number of nitrogens with zero attached hydrogens (tertiary/aromatic N) is 2. The van der Waals surface area contributed by atoms with Crippen molar-refractivity contribution in [3.8, 4) is 39.8 Å². The fraction of sp³-hybridized carbons (Fsp3) is 0.150. The lowest BCUT2D eigenvalue weighted by Crippen LogP contribution is -2.10. The largest absolute Gasteiger partial charge is 0.497 e. The van der Waals surface area contributed by atoms with Gasteiger partial charge in [0.25, 0.3) is 0 Å². The van der Waals surface area contributed by atoms with Crippen LogP contribution >= 0.6 is 0 Å². The Kier molecular flexibility index (Phi) is 5.59. The van der Waals surface area contributed by atoms with Gasteiger partial charge in [-0.15, -0.1) is 0 Å². The molecule has 0 atom stereocenters. The quantitative estimate of drug-likeness (QED) is 0.642. The summed E-state index contributed by atoms with van der Waals surface area (Å²) in [6, 6.07) is 14.3. The zero-order valence-corrected chi connectivity index (χ0v) is 15.4. The van der Waals surface area contributed by atoms with Crippen molar-refractivity contribution < 1.29 is 24.1 Å². The first kappa shape index (κ1) is 19.0. The van der Waals surface area contributed by atoms with E-state index in [0.717, 1.165) is 16.9 Å². The smallest absolute Gasteiger partial charge is 0.341 e.